The SMILES string of the molecule is CNCCN1CCN(c2cccc3c2C[N+]([O-])(C2CCC(=O)NC2=O)C3=O)CC1. The van der Waals surface area contributed by atoms with Crippen LogP contribution in [0.15, 0.2) is 18.2 Å². The van der Waals surface area contributed by atoms with Crippen molar-refractivity contribution < 1.29 is 19.0 Å². The monoisotopic (exact) mass is 401 g/mol. The highest BCUT2D eigenvalue weighted by Crippen LogP contribution is 2.39. The second-order valence-electron chi connectivity index (χ2n) is 7.96. The van der Waals surface area contributed by atoms with Crippen LogP contribution in [-0.2, 0) is 16.1 Å². The summed E-state index contributed by atoms with van der Waals surface area (Å²) in [5, 5.41) is 18.9. The Morgan fingerprint density at radius 3 is 2.66 bits per heavy atom. The predicted molar refractivity (Wildman–Crippen MR) is 107 cm³/mol. The molecule has 9 nitrogen and oxygen atoms in total. The van der Waals surface area contributed by atoms with E-state index in [-0.39, 0.29) is 25.3 Å². The summed E-state index contributed by atoms with van der Waals surface area (Å²) in [7, 11) is 1.94. The van der Waals surface area contributed by atoms with Crippen LogP contribution in [0.4, 0.5) is 5.69 Å². The number of hydrogen-bond acceptors (Lipinski definition) is 7. The van der Waals surface area contributed by atoms with Crippen LogP contribution in [0.3, 0.4) is 0 Å². The minimum absolute atomic E-state index is 0.0589. The highest BCUT2D eigenvalue weighted by atomic mass is 16.6. The number of piperidine rings is 1. The number of benzene rings is 1. The molecule has 3 heterocycles. The fourth-order valence-electron chi connectivity index (χ4n) is 4.56. The summed E-state index contributed by atoms with van der Waals surface area (Å²) in [6, 6.07) is 4.36. The van der Waals surface area contributed by atoms with Crippen LogP contribution in [0, 0.1) is 5.21 Å². The largest absolute Gasteiger partial charge is 0.624 e. The summed E-state index contributed by atoms with van der Waals surface area (Å²) in [6.45, 7) is 5.37. The van der Waals surface area contributed by atoms with Gasteiger partial charge in [0.05, 0.1) is 5.56 Å². The topological polar surface area (TPSA) is 105 Å². The molecule has 0 aliphatic carbocycles. The number of imide groups is 1. The number of hydroxylamine groups is 3. The van der Waals surface area contributed by atoms with Gasteiger partial charge in [0, 0.05) is 63.4 Å². The summed E-state index contributed by atoms with van der Waals surface area (Å²) >= 11 is 0. The molecule has 9 heteroatoms. The molecular weight excluding hydrogens is 374 g/mol. The molecule has 0 saturated carbocycles. The van der Waals surface area contributed by atoms with E-state index in [9.17, 15) is 19.6 Å². The molecule has 1 aromatic carbocycles. The fourth-order valence-corrected chi connectivity index (χ4v) is 4.56. The predicted octanol–water partition coefficient (Wildman–Crippen LogP) is -0.198. The number of likely N-dealkylation sites (N-methyl/N-ethyl adjacent to an activating group) is 1. The molecule has 2 N–H and O–H groups in total. The van der Waals surface area contributed by atoms with E-state index < -0.39 is 22.5 Å². The van der Waals surface area contributed by atoms with E-state index in [1.807, 2.05) is 13.1 Å². The van der Waals surface area contributed by atoms with Gasteiger partial charge in [0.2, 0.25) is 5.91 Å². The Balaban J connectivity index is 1.54. The van der Waals surface area contributed by atoms with Gasteiger partial charge in [0.15, 0.2) is 6.04 Å². The van der Waals surface area contributed by atoms with Crippen molar-refractivity contribution in [3.8, 4) is 0 Å². The van der Waals surface area contributed by atoms with E-state index in [4.69, 9.17) is 0 Å². The first-order valence-electron chi connectivity index (χ1n) is 10.1. The Hall–Kier alpha value is -2.33. The Labute approximate surface area is 169 Å². The number of quaternary nitrogens is 1. The highest BCUT2D eigenvalue weighted by Gasteiger charge is 2.50. The molecular formula is C20H27N5O4. The standard InChI is InChI=1S/C20H27N5O4/c1-21-7-8-23-9-11-24(12-10-23)16-4-2-3-14-15(16)13-25(29,20(14)28)17-5-6-18(26)22-19(17)27/h2-4,17,21H,5-13H2,1H3,(H,22,26,27). The highest BCUT2D eigenvalue weighted by molar-refractivity contribution is 6.02. The van der Waals surface area contributed by atoms with Gasteiger partial charge in [-0.2, -0.15) is 0 Å². The van der Waals surface area contributed by atoms with Crippen LogP contribution in [0.2, 0.25) is 0 Å². The zero-order valence-corrected chi connectivity index (χ0v) is 16.6. The maximum atomic E-state index is 13.5. The molecule has 3 aliphatic heterocycles. The lowest BCUT2D eigenvalue weighted by Gasteiger charge is -2.43. The third-order valence-corrected chi connectivity index (χ3v) is 6.22. The lowest BCUT2D eigenvalue weighted by atomic mass is 10.0. The quantitative estimate of drug-likeness (QED) is 0.400. The van der Waals surface area contributed by atoms with E-state index in [0.29, 0.717) is 5.56 Å². The summed E-state index contributed by atoms with van der Waals surface area (Å²) in [5.41, 5.74) is 2.04. The number of anilines is 1. The Bertz CT molecular complexity index is 836. The molecule has 0 aromatic heterocycles. The summed E-state index contributed by atoms with van der Waals surface area (Å²) in [4.78, 5) is 41.4. The first-order chi connectivity index (χ1) is 13.9. The van der Waals surface area contributed by atoms with Crippen molar-refractivity contribution in [1.29, 1.82) is 0 Å². The van der Waals surface area contributed by atoms with Gasteiger partial charge in [-0.15, -0.1) is 0 Å². The van der Waals surface area contributed by atoms with Crippen molar-refractivity contribution in [1.82, 2.24) is 15.5 Å². The van der Waals surface area contributed by atoms with Gasteiger partial charge in [-0.05, 0) is 19.2 Å². The molecule has 2 unspecified atom stereocenters. The van der Waals surface area contributed by atoms with Gasteiger partial charge in [-0.3, -0.25) is 24.5 Å². The zero-order valence-electron chi connectivity index (χ0n) is 16.6. The van der Waals surface area contributed by atoms with E-state index in [1.165, 1.54) is 0 Å². The van der Waals surface area contributed by atoms with E-state index in [1.54, 1.807) is 12.1 Å². The van der Waals surface area contributed by atoms with Crippen molar-refractivity contribution in [3.63, 3.8) is 0 Å². The van der Waals surface area contributed by atoms with Crippen molar-refractivity contribution in [2.45, 2.75) is 25.4 Å². The number of carbonyl (C=O) groups is 3. The summed E-state index contributed by atoms with van der Waals surface area (Å²) < 4.78 is -1.23. The molecule has 156 valence electrons. The van der Waals surface area contributed by atoms with E-state index in [2.05, 4.69) is 20.4 Å². The number of rotatable bonds is 5. The van der Waals surface area contributed by atoms with Gasteiger partial charge in [0.1, 0.15) is 6.54 Å². The molecule has 3 aliphatic rings. The molecule has 2 fully saturated rings. The molecule has 0 bridgehead atoms. The van der Waals surface area contributed by atoms with Crippen LogP contribution < -0.4 is 15.5 Å². The molecule has 4 rings (SSSR count). The van der Waals surface area contributed by atoms with Crippen LogP contribution in [0.5, 0.6) is 0 Å². The van der Waals surface area contributed by atoms with Crippen molar-refractivity contribution >= 4 is 23.4 Å². The van der Waals surface area contributed by atoms with Crippen LogP contribution >= 0.6 is 0 Å². The Morgan fingerprint density at radius 1 is 1.21 bits per heavy atom. The minimum Gasteiger partial charge on any atom is -0.624 e. The molecule has 0 radical (unpaired) electrons. The number of nitrogens with one attached hydrogen (secondary N) is 2. The third kappa shape index (κ3) is 3.55. The lowest BCUT2D eigenvalue weighted by Crippen LogP contribution is -2.60. The average Bonchev–Trinajstić information content (AvgIpc) is 2.98. The third-order valence-electron chi connectivity index (χ3n) is 6.22. The average molecular weight is 401 g/mol. The van der Waals surface area contributed by atoms with E-state index >= 15 is 0 Å². The van der Waals surface area contributed by atoms with Gasteiger partial charge < -0.3 is 15.4 Å². The second kappa shape index (κ2) is 7.83. The second-order valence-corrected chi connectivity index (χ2v) is 7.96. The number of fused-ring (bicyclic) bond motifs is 1. The number of amides is 3. The fraction of sp³-hybridized carbons (Fsp3) is 0.550. The maximum Gasteiger partial charge on any atom is 0.347 e. The number of carbonyl (C=O) groups excluding carboxylic acids is 3. The van der Waals surface area contributed by atoms with Crippen LogP contribution in [-0.4, -0.2) is 79.6 Å². The number of hydrogen-bond donors (Lipinski definition) is 2. The summed E-state index contributed by atoms with van der Waals surface area (Å²) in [5.74, 6) is -1.61. The molecule has 0 spiro atoms. The van der Waals surface area contributed by atoms with Gasteiger partial charge in [-0.25, -0.2) is 4.79 Å². The molecule has 3 amide bonds. The molecule has 2 atom stereocenters. The first-order valence-corrected chi connectivity index (χ1v) is 10.1. The van der Waals surface area contributed by atoms with Crippen LogP contribution in [0.25, 0.3) is 0 Å². The van der Waals surface area contributed by atoms with Crippen molar-refractivity contribution in [2.24, 2.45) is 0 Å². The number of piperazine rings is 1. The molecule has 1 aromatic rings. The van der Waals surface area contributed by atoms with Crippen molar-refractivity contribution in [3.05, 3.63) is 34.5 Å². The normalized spacial score (nSPS) is 27.9. The maximum absolute atomic E-state index is 13.5. The van der Waals surface area contributed by atoms with Crippen LogP contribution in [0.1, 0.15) is 28.8 Å². The summed E-state index contributed by atoms with van der Waals surface area (Å²) in [6.07, 6.45) is 0.192. The zero-order chi connectivity index (χ0) is 20.6. The van der Waals surface area contributed by atoms with E-state index in [0.717, 1.165) is 50.5 Å². The van der Waals surface area contributed by atoms with Crippen molar-refractivity contribution in [2.75, 3.05) is 51.2 Å². The minimum atomic E-state index is -1.23. The number of nitrogens with zero attached hydrogens (tertiary/aromatic N) is 3. The molecule has 2 saturated heterocycles. The molecule has 29 heavy (non-hydrogen) atoms. The lowest BCUT2D eigenvalue weighted by molar-refractivity contribution is -0.825. The Kier molecular flexibility index (Phi) is 5.39. The first kappa shape index (κ1) is 20.0. The van der Waals surface area contributed by atoms with Gasteiger partial charge in [-0.1, -0.05) is 6.07 Å². The van der Waals surface area contributed by atoms with Gasteiger partial charge in [0.25, 0.3) is 5.91 Å². The Morgan fingerprint density at radius 2 is 1.97 bits per heavy atom. The van der Waals surface area contributed by atoms with Gasteiger partial charge >= 0.3 is 5.91 Å². The smallest absolute Gasteiger partial charge is 0.347 e.